The number of methoxy groups -OCH3 is 1. The second-order valence-corrected chi connectivity index (χ2v) is 6.29. The van der Waals surface area contributed by atoms with Gasteiger partial charge in [-0.05, 0) is 36.1 Å². The third-order valence-corrected chi connectivity index (χ3v) is 4.69. The fraction of sp³-hybridized carbons (Fsp3) is 0.188. The molecule has 0 spiro atoms. The van der Waals surface area contributed by atoms with Gasteiger partial charge in [-0.3, -0.25) is 15.0 Å². The molecule has 2 aromatic rings. The average Bonchev–Trinajstić information content (AvgIpc) is 3.19. The molecule has 0 bridgehead atoms. The van der Waals surface area contributed by atoms with Gasteiger partial charge in [-0.25, -0.2) is 4.79 Å². The van der Waals surface area contributed by atoms with E-state index in [2.05, 4.69) is 10.7 Å². The largest absolute Gasteiger partial charge is 0.497 e. The van der Waals surface area contributed by atoms with E-state index in [0.29, 0.717) is 21.2 Å². The minimum atomic E-state index is -1.26. The highest BCUT2D eigenvalue weighted by atomic mass is 32.1. The second-order valence-electron chi connectivity index (χ2n) is 5.34. The van der Waals surface area contributed by atoms with E-state index in [1.54, 1.807) is 55.8 Å². The Labute approximate surface area is 142 Å². The van der Waals surface area contributed by atoms with Gasteiger partial charge in [0.05, 0.1) is 12.0 Å². The van der Waals surface area contributed by atoms with Gasteiger partial charge in [-0.1, -0.05) is 18.2 Å². The maximum Gasteiger partial charge on any atom is 0.344 e. The van der Waals surface area contributed by atoms with Crippen LogP contribution in [0.5, 0.6) is 5.75 Å². The molecule has 0 radical (unpaired) electrons. The number of carbonyl (C=O) groups excluding carboxylic acids is 3. The standard InChI is InChI=1S/C16H15N3O4S/c1-16(10-5-7-11(23-2)8-6-10)14(21)19(15(22)17-16)18-13(20)12-4-3-9-24-12/h3-9H,1-2H3,(H,17,22)(H,18,20)/t16-/m0/s1. The van der Waals surface area contributed by atoms with Crippen LogP contribution in [0.3, 0.4) is 0 Å². The average molecular weight is 345 g/mol. The van der Waals surface area contributed by atoms with E-state index in [1.165, 1.54) is 11.3 Å². The molecule has 0 unspecified atom stereocenters. The van der Waals surface area contributed by atoms with Gasteiger partial charge in [0.2, 0.25) is 0 Å². The molecule has 2 N–H and O–H groups in total. The van der Waals surface area contributed by atoms with Gasteiger partial charge in [0.1, 0.15) is 11.3 Å². The Bertz CT molecular complexity index is 788. The van der Waals surface area contributed by atoms with Gasteiger partial charge in [0, 0.05) is 0 Å². The molecule has 1 saturated heterocycles. The summed E-state index contributed by atoms with van der Waals surface area (Å²) in [7, 11) is 1.54. The Balaban J connectivity index is 1.83. The lowest BCUT2D eigenvalue weighted by Crippen LogP contribution is -2.47. The van der Waals surface area contributed by atoms with Crippen molar-refractivity contribution in [3.8, 4) is 5.75 Å². The molecule has 3 rings (SSSR count). The van der Waals surface area contributed by atoms with Crippen molar-refractivity contribution in [3.05, 3.63) is 52.2 Å². The predicted octanol–water partition coefficient (Wildman–Crippen LogP) is 1.87. The third-order valence-electron chi connectivity index (χ3n) is 3.82. The Morgan fingerprint density at radius 1 is 1.25 bits per heavy atom. The molecule has 1 aromatic carbocycles. The van der Waals surface area contributed by atoms with Gasteiger partial charge in [-0.15, -0.1) is 11.3 Å². The van der Waals surface area contributed by atoms with Crippen LogP contribution in [0.4, 0.5) is 4.79 Å². The Kier molecular flexibility index (Phi) is 3.98. The molecule has 1 aliphatic rings. The zero-order valence-corrected chi connectivity index (χ0v) is 13.8. The first-order valence-electron chi connectivity index (χ1n) is 7.11. The lowest BCUT2D eigenvalue weighted by Gasteiger charge is -2.22. The SMILES string of the molecule is COc1ccc([C@]2(C)NC(=O)N(NC(=O)c3cccs3)C2=O)cc1. The monoisotopic (exact) mass is 345 g/mol. The van der Waals surface area contributed by atoms with E-state index >= 15 is 0 Å². The number of hydrogen-bond acceptors (Lipinski definition) is 5. The minimum absolute atomic E-state index is 0.411. The van der Waals surface area contributed by atoms with Crippen LogP contribution in [0.1, 0.15) is 22.2 Å². The number of benzene rings is 1. The highest BCUT2D eigenvalue weighted by Crippen LogP contribution is 2.29. The van der Waals surface area contributed by atoms with Crippen molar-refractivity contribution >= 4 is 29.2 Å². The highest BCUT2D eigenvalue weighted by Gasteiger charge is 2.50. The van der Waals surface area contributed by atoms with E-state index in [9.17, 15) is 14.4 Å². The first-order valence-corrected chi connectivity index (χ1v) is 7.99. The van der Waals surface area contributed by atoms with Crippen molar-refractivity contribution in [2.45, 2.75) is 12.5 Å². The van der Waals surface area contributed by atoms with E-state index in [4.69, 9.17) is 4.74 Å². The Morgan fingerprint density at radius 3 is 2.54 bits per heavy atom. The molecule has 4 amide bonds. The summed E-state index contributed by atoms with van der Waals surface area (Å²) < 4.78 is 5.09. The van der Waals surface area contributed by atoms with E-state index < -0.39 is 23.4 Å². The summed E-state index contributed by atoms with van der Waals surface area (Å²) in [5.74, 6) is -0.419. The van der Waals surface area contributed by atoms with Gasteiger partial charge in [-0.2, -0.15) is 5.01 Å². The van der Waals surface area contributed by atoms with Gasteiger partial charge >= 0.3 is 6.03 Å². The lowest BCUT2D eigenvalue weighted by molar-refractivity contribution is -0.132. The number of imide groups is 1. The van der Waals surface area contributed by atoms with Gasteiger partial charge in [0.25, 0.3) is 11.8 Å². The molecular formula is C16H15N3O4S. The molecule has 1 aromatic heterocycles. The van der Waals surface area contributed by atoms with Crippen LogP contribution in [0.15, 0.2) is 41.8 Å². The smallest absolute Gasteiger partial charge is 0.344 e. The van der Waals surface area contributed by atoms with Crippen LogP contribution in [-0.2, 0) is 10.3 Å². The second kappa shape index (κ2) is 5.97. The molecule has 24 heavy (non-hydrogen) atoms. The molecule has 0 saturated carbocycles. The number of hydrogen-bond donors (Lipinski definition) is 2. The number of amides is 4. The number of rotatable bonds is 4. The first kappa shape index (κ1) is 16.0. The van der Waals surface area contributed by atoms with Crippen molar-refractivity contribution in [1.82, 2.24) is 15.8 Å². The number of urea groups is 1. The summed E-state index contributed by atoms with van der Waals surface area (Å²) in [6.07, 6.45) is 0. The maximum atomic E-state index is 12.7. The van der Waals surface area contributed by atoms with Crippen LogP contribution in [-0.4, -0.2) is 30.0 Å². The molecule has 8 heteroatoms. The molecule has 0 aliphatic carbocycles. The summed E-state index contributed by atoms with van der Waals surface area (Å²) in [5, 5.41) is 5.07. The summed E-state index contributed by atoms with van der Waals surface area (Å²) in [5.41, 5.74) is 1.68. The lowest BCUT2D eigenvalue weighted by atomic mass is 9.92. The maximum absolute atomic E-state index is 12.7. The van der Waals surface area contributed by atoms with Crippen LogP contribution in [0, 0.1) is 0 Å². The van der Waals surface area contributed by atoms with Crippen molar-refractivity contribution in [3.63, 3.8) is 0 Å². The molecule has 124 valence electrons. The fourth-order valence-corrected chi connectivity index (χ4v) is 3.04. The first-order chi connectivity index (χ1) is 11.5. The van der Waals surface area contributed by atoms with Crippen molar-refractivity contribution < 1.29 is 19.1 Å². The quantitative estimate of drug-likeness (QED) is 0.828. The van der Waals surface area contributed by atoms with Crippen LogP contribution >= 0.6 is 11.3 Å². The number of nitrogens with one attached hydrogen (secondary N) is 2. The molecule has 1 atom stereocenters. The van der Waals surface area contributed by atoms with Crippen molar-refractivity contribution in [1.29, 1.82) is 0 Å². The molecular weight excluding hydrogens is 330 g/mol. The van der Waals surface area contributed by atoms with Gasteiger partial charge < -0.3 is 10.1 Å². The van der Waals surface area contributed by atoms with Crippen LogP contribution in [0.2, 0.25) is 0 Å². The predicted molar refractivity (Wildman–Crippen MR) is 87.5 cm³/mol. The van der Waals surface area contributed by atoms with E-state index in [1.807, 2.05) is 0 Å². The third kappa shape index (κ3) is 2.61. The fourth-order valence-electron chi connectivity index (χ4n) is 2.43. The Hall–Kier alpha value is -2.87. The molecule has 2 heterocycles. The summed E-state index contributed by atoms with van der Waals surface area (Å²) >= 11 is 1.22. The number of ether oxygens (including phenoxy) is 1. The number of carbonyl (C=O) groups is 3. The summed E-state index contributed by atoms with van der Waals surface area (Å²) in [6, 6.07) is 9.44. The van der Waals surface area contributed by atoms with Crippen LogP contribution in [0.25, 0.3) is 0 Å². The number of thiophene rings is 1. The summed E-state index contributed by atoms with van der Waals surface area (Å²) in [6.45, 7) is 1.59. The van der Waals surface area contributed by atoms with Gasteiger partial charge in [0.15, 0.2) is 0 Å². The topological polar surface area (TPSA) is 87.7 Å². The zero-order valence-electron chi connectivity index (χ0n) is 13.0. The zero-order chi connectivity index (χ0) is 17.3. The Morgan fingerprint density at radius 2 is 1.96 bits per heavy atom. The number of nitrogens with zero attached hydrogens (tertiary/aromatic N) is 1. The van der Waals surface area contributed by atoms with Crippen LogP contribution < -0.4 is 15.5 Å². The molecule has 1 aliphatic heterocycles. The van der Waals surface area contributed by atoms with Crippen molar-refractivity contribution in [2.24, 2.45) is 0 Å². The number of hydrazine groups is 1. The normalized spacial score (nSPS) is 20.0. The van der Waals surface area contributed by atoms with E-state index in [0.717, 1.165) is 0 Å². The summed E-state index contributed by atoms with van der Waals surface area (Å²) in [4.78, 5) is 37.4. The highest BCUT2D eigenvalue weighted by molar-refractivity contribution is 7.12. The molecule has 1 fully saturated rings. The van der Waals surface area contributed by atoms with E-state index in [-0.39, 0.29) is 0 Å². The molecule has 7 nitrogen and oxygen atoms in total. The minimum Gasteiger partial charge on any atom is -0.497 e. The van der Waals surface area contributed by atoms with Crippen molar-refractivity contribution in [2.75, 3.05) is 7.11 Å².